The third-order valence-corrected chi connectivity index (χ3v) is 4.38. The molecule has 0 aliphatic rings. The van der Waals surface area contributed by atoms with Gasteiger partial charge in [0.1, 0.15) is 12.3 Å². The molecule has 25 heavy (non-hydrogen) atoms. The lowest BCUT2D eigenvalue weighted by molar-refractivity contribution is -0.122. The standard InChI is InChI=1S/C16H18BrN5O3/c1-10-16(17)11(2)22(21-10)8-15(24)20-19-7-12-4-3-5-13(6-12)25-9-14(18)23/h3-7H,8-9H2,1-2H3,(H2,18,23)(H,20,24)/b19-7+. The van der Waals surface area contributed by atoms with Crippen LogP contribution in [-0.2, 0) is 16.1 Å². The average molecular weight is 408 g/mol. The summed E-state index contributed by atoms with van der Waals surface area (Å²) in [7, 11) is 0. The number of rotatable bonds is 7. The number of nitrogens with zero attached hydrogens (tertiary/aromatic N) is 3. The van der Waals surface area contributed by atoms with Gasteiger partial charge in [0.2, 0.25) is 0 Å². The summed E-state index contributed by atoms with van der Waals surface area (Å²) in [4.78, 5) is 22.7. The molecule has 3 N–H and O–H groups in total. The second-order valence-corrected chi connectivity index (χ2v) is 6.06. The molecule has 0 saturated carbocycles. The van der Waals surface area contributed by atoms with Crippen LogP contribution in [0.5, 0.6) is 5.75 Å². The topological polar surface area (TPSA) is 112 Å². The van der Waals surface area contributed by atoms with E-state index in [1.165, 1.54) is 6.21 Å². The molecule has 9 heteroatoms. The summed E-state index contributed by atoms with van der Waals surface area (Å²) >= 11 is 3.42. The fourth-order valence-corrected chi connectivity index (χ4v) is 2.30. The monoisotopic (exact) mass is 407 g/mol. The molecule has 0 saturated heterocycles. The number of amides is 2. The molecular formula is C16H18BrN5O3. The molecular weight excluding hydrogens is 390 g/mol. The van der Waals surface area contributed by atoms with Gasteiger partial charge in [-0.25, -0.2) is 5.43 Å². The van der Waals surface area contributed by atoms with Crippen LogP contribution in [0.4, 0.5) is 0 Å². The molecule has 0 unspecified atom stereocenters. The summed E-state index contributed by atoms with van der Waals surface area (Å²) in [5, 5.41) is 8.17. The molecule has 0 aliphatic carbocycles. The van der Waals surface area contributed by atoms with Gasteiger partial charge in [-0.1, -0.05) is 12.1 Å². The number of primary amides is 1. The summed E-state index contributed by atoms with van der Waals surface area (Å²) in [6.45, 7) is 3.60. The SMILES string of the molecule is Cc1nn(CC(=O)N/N=C/c2cccc(OCC(N)=O)c2)c(C)c1Br. The Hall–Kier alpha value is -2.68. The highest BCUT2D eigenvalue weighted by Gasteiger charge is 2.11. The first-order chi connectivity index (χ1) is 11.9. The van der Waals surface area contributed by atoms with Crippen LogP contribution in [0.2, 0.25) is 0 Å². The third-order valence-electron chi connectivity index (χ3n) is 3.23. The lowest BCUT2D eigenvalue weighted by Gasteiger charge is -2.04. The minimum atomic E-state index is -0.554. The molecule has 1 heterocycles. The molecule has 2 amide bonds. The van der Waals surface area contributed by atoms with Gasteiger partial charge in [0.05, 0.1) is 22.1 Å². The Morgan fingerprint density at radius 1 is 1.44 bits per heavy atom. The van der Waals surface area contributed by atoms with Crippen molar-refractivity contribution in [3.8, 4) is 5.75 Å². The number of aryl methyl sites for hydroxylation is 1. The first-order valence-corrected chi connectivity index (χ1v) is 8.18. The first kappa shape index (κ1) is 18.7. The Balaban J connectivity index is 1.91. The number of nitrogens with two attached hydrogens (primary N) is 1. The Morgan fingerprint density at radius 2 is 2.20 bits per heavy atom. The Kier molecular flexibility index (Phi) is 6.29. The highest BCUT2D eigenvalue weighted by atomic mass is 79.9. The lowest BCUT2D eigenvalue weighted by atomic mass is 10.2. The molecule has 1 aromatic heterocycles. The summed E-state index contributed by atoms with van der Waals surface area (Å²) < 4.78 is 7.69. The Labute approximate surface area is 153 Å². The van der Waals surface area contributed by atoms with Crippen molar-refractivity contribution in [3.05, 3.63) is 45.7 Å². The molecule has 2 rings (SSSR count). The molecule has 2 aromatic rings. The largest absolute Gasteiger partial charge is 0.484 e. The molecule has 0 fully saturated rings. The van der Waals surface area contributed by atoms with E-state index in [-0.39, 0.29) is 19.1 Å². The van der Waals surface area contributed by atoms with Crippen molar-refractivity contribution in [2.75, 3.05) is 6.61 Å². The zero-order valence-electron chi connectivity index (χ0n) is 13.8. The maximum absolute atomic E-state index is 11.9. The maximum Gasteiger partial charge on any atom is 0.261 e. The zero-order chi connectivity index (χ0) is 18.4. The number of hydrogen-bond donors (Lipinski definition) is 2. The lowest BCUT2D eigenvalue weighted by Crippen LogP contribution is -2.24. The number of carbonyl (C=O) groups excluding carboxylic acids is 2. The average Bonchev–Trinajstić information content (AvgIpc) is 2.80. The van der Waals surface area contributed by atoms with Gasteiger partial charge in [-0.05, 0) is 47.5 Å². The van der Waals surface area contributed by atoms with Gasteiger partial charge in [-0.15, -0.1) is 0 Å². The normalized spacial score (nSPS) is 10.8. The second kappa shape index (κ2) is 8.43. The molecule has 8 nitrogen and oxygen atoms in total. The van der Waals surface area contributed by atoms with Crippen LogP contribution in [0.15, 0.2) is 33.8 Å². The van der Waals surface area contributed by atoms with Crippen molar-refractivity contribution >= 4 is 34.0 Å². The van der Waals surface area contributed by atoms with Gasteiger partial charge >= 0.3 is 0 Å². The smallest absolute Gasteiger partial charge is 0.261 e. The van der Waals surface area contributed by atoms with Gasteiger partial charge in [-0.2, -0.15) is 10.2 Å². The van der Waals surface area contributed by atoms with E-state index < -0.39 is 5.91 Å². The first-order valence-electron chi connectivity index (χ1n) is 7.39. The zero-order valence-corrected chi connectivity index (χ0v) is 15.4. The van der Waals surface area contributed by atoms with Crippen molar-refractivity contribution < 1.29 is 14.3 Å². The van der Waals surface area contributed by atoms with Gasteiger partial charge in [0, 0.05) is 0 Å². The molecule has 132 valence electrons. The fraction of sp³-hybridized carbons (Fsp3) is 0.250. The van der Waals surface area contributed by atoms with E-state index in [9.17, 15) is 9.59 Å². The van der Waals surface area contributed by atoms with E-state index in [2.05, 4.69) is 31.6 Å². The van der Waals surface area contributed by atoms with Crippen LogP contribution < -0.4 is 15.9 Å². The van der Waals surface area contributed by atoms with Crippen LogP contribution in [0.1, 0.15) is 17.0 Å². The van der Waals surface area contributed by atoms with Gasteiger partial charge in [-0.3, -0.25) is 14.3 Å². The summed E-state index contributed by atoms with van der Waals surface area (Å²) in [6, 6.07) is 6.90. The van der Waals surface area contributed by atoms with Crippen molar-refractivity contribution in [3.63, 3.8) is 0 Å². The van der Waals surface area contributed by atoms with Crippen molar-refractivity contribution in [1.29, 1.82) is 0 Å². The van der Waals surface area contributed by atoms with Crippen molar-refractivity contribution in [1.82, 2.24) is 15.2 Å². The predicted octanol–water partition coefficient (Wildman–Crippen LogP) is 1.28. The molecule has 0 bridgehead atoms. The van der Waals surface area contributed by atoms with Crippen LogP contribution >= 0.6 is 15.9 Å². The molecule has 1 aromatic carbocycles. The summed E-state index contributed by atoms with van der Waals surface area (Å²) in [5.74, 6) is -0.362. The van der Waals surface area contributed by atoms with Crippen LogP contribution in [0, 0.1) is 13.8 Å². The summed E-state index contributed by atoms with van der Waals surface area (Å²) in [5.41, 5.74) is 9.87. The predicted molar refractivity (Wildman–Crippen MR) is 96.3 cm³/mol. The number of hydrogen-bond acceptors (Lipinski definition) is 5. The van der Waals surface area contributed by atoms with E-state index in [0.29, 0.717) is 11.3 Å². The molecule has 0 atom stereocenters. The number of benzene rings is 1. The van der Waals surface area contributed by atoms with Crippen LogP contribution in [0.3, 0.4) is 0 Å². The molecule has 0 spiro atoms. The minimum Gasteiger partial charge on any atom is -0.484 e. The molecule has 0 radical (unpaired) electrons. The number of carbonyl (C=O) groups is 2. The highest BCUT2D eigenvalue weighted by molar-refractivity contribution is 9.10. The van der Waals surface area contributed by atoms with Crippen LogP contribution in [0.25, 0.3) is 0 Å². The summed E-state index contributed by atoms with van der Waals surface area (Å²) in [6.07, 6.45) is 1.48. The van der Waals surface area contributed by atoms with E-state index >= 15 is 0 Å². The van der Waals surface area contributed by atoms with E-state index in [4.69, 9.17) is 10.5 Å². The molecule has 0 aliphatic heterocycles. The third kappa shape index (κ3) is 5.42. The van der Waals surface area contributed by atoms with Gasteiger partial charge in [0.15, 0.2) is 6.61 Å². The number of nitrogens with one attached hydrogen (secondary N) is 1. The maximum atomic E-state index is 11.9. The van der Waals surface area contributed by atoms with Crippen LogP contribution in [-0.4, -0.2) is 34.4 Å². The minimum absolute atomic E-state index is 0.0668. The number of halogens is 1. The van der Waals surface area contributed by atoms with Crippen molar-refractivity contribution in [2.24, 2.45) is 10.8 Å². The van der Waals surface area contributed by atoms with Gasteiger partial charge in [0.25, 0.3) is 11.8 Å². The number of ether oxygens (including phenoxy) is 1. The Bertz CT molecular complexity index is 816. The Morgan fingerprint density at radius 3 is 2.84 bits per heavy atom. The number of aromatic nitrogens is 2. The van der Waals surface area contributed by atoms with E-state index in [0.717, 1.165) is 15.9 Å². The van der Waals surface area contributed by atoms with Gasteiger partial charge < -0.3 is 10.5 Å². The highest BCUT2D eigenvalue weighted by Crippen LogP contribution is 2.19. The second-order valence-electron chi connectivity index (χ2n) is 5.26. The fourth-order valence-electron chi connectivity index (χ4n) is 2.02. The van der Waals surface area contributed by atoms with E-state index in [1.54, 1.807) is 28.9 Å². The number of hydrazone groups is 1. The van der Waals surface area contributed by atoms with E-state index in [1.807, 2.05) is 13.8 Å². The quantitative estimate of drug-likeness (QED) is 0.531. The van der Waals surface area contributed by atoms with Crippen molar-refractivity contribution in [2.45, 2.75) is 20.4 Å².